The number of aromatic amines is 1. The van der Waals surface area contributed by atoms with Crippen molar-refractivity contribution >= 4 is 46.6 Å². The van der Waals surface area contributed by atoms with Gasteiger partial charge in [-0.1, -0.05) is 53.2 Å². The number of nitrogens with one attached hydrogen (secondary N) is 2. The molecule has 3 aromatic rings. The number of hydrogen-bond donors (Lipinski definition) is 2. The molecule has 0 spiro atoms. The Morgan fingerprint density at radius 1 is 1.23 bits per heavy atom. The molecule has 0 fully saturated rings. The molecule has 0 aliphatic heterocycles. The van der Waals surface area contributed by atoms with Crippen molar-refractivity contribution in [1.29, 1.82) is 5.26 Å². The first-order valence-electron chi connectivity index (χ1n) is 8.83. The Hall–Kier alpha value is -2.79. The number of halogens is 2. The van der Waals surface area contributed by atoms with Crippen LogP contribution in [0.4, 0.5) is 5.69 Å². The van der Waals surface area contributed by atoms with Crippen molar-refractivity contribution in [2.45, 2.75) is 24.3 Å². The van der Waals surface area contributed by atoms with E-state index in [1.165, 1.54) is 0 Å². The summed E-state index contributed by atoms with van der Waals surface area (Å²) < 4.78 is 0. The molecule has 30 heavy (non-hydrogen) atoms. The van der Waals surface area contributed by atoms with E-state index < -0.39 is 10.8 Å². The van der Waals surface area contributed by atoms with Crippen LogP contribution in [0.25, 0.3) is 11.3 Å². The van der Waals surface area contributed by atoms with Crippen LogP contribution in [0.15, 0.2) is 52.4 Å². The number of carbonyl (C=O) groups is 1. The average molecular weight is 459 g/mol. The number of nitrogens with zero attached hydrogens (tertiary/aromatic N) is 2. The Morgan fingerprint density at radius 2 is 1.93 bits per heavy atom. The lowest BCUT2D eigenvalue weighted by molar-refractivity contribution is -0.115. The Balaban J connectivity index is 1.86. The summed E-state index contributed by atoms with van der Waals surface area (Å²) in [7, 11) is 0. The van der Waals surface area contributed by atoms with E-state index in [0.29, 0.717) is 21.3 Å². The molecule has 1 amide bonds. The first-order chi connectivity index (χ1) is 14.3. The van der Waals surface area contributed by atoms with E-state index in [2.05, 4.69) is 15.3 Å². The van der Waals surface area contributed by atoms with Crippen molar-refractivity contribution in [2.75, 3.05) is 5.32 Å². The second-order valence-corrected chi connectivity index (χ2v) is 8.55. The van der Waals surface area contributed by atoms with Gasteiger partial charge < -0.3 is 10.3 Å². The molecular weight excluding hydrogens is 443 g/mol. The van der Waals surface area contributed by atoms with Crippen LogP contribution in [0.1, 0.15) is 18.1 Å². The molecule has 0 radical (unpaired) electrons. The van der Waals surface area contributed by atoms with Crippen LogP contribution < -0.4 is 10.9 Å². The van der Waals surface area contributed by atoms with Crippen LogP contribution in [-0.2, 0) is 4.79 Å². The molecule has 0 saturated heterocycles. The molecule has 152 valence electrons. The van der Waals surface area contributed by atoms with E-state index in [1.54, 1.807) is 49.4 Å². The number of hydrogen-bond acceptors (Lipinski definition) is 5. The first-order valence-corrected chi connectivity index (χ1v) is 10.5. The molecule has 2 aromatic carbocycles. The first kappa shape index (κ1) is 21.9. The number of rotatable bonds is 5. The van der Waals surface area contributed by atoms with E-state index in [1.807, 2.05) is 13.0 Å². The van der Waals surface area contributed by atoms with Crippen LogP contribution in [0.2, 0.25) is 10.0 Å². The van der Waals surface area contributed by atoms with Gasteiger partial charge in [-0.05, 0) is 43.7 Å². The third kappa shape index (κ3) is 4.85. The molecule has 2 N–H and O–H groups in total. The fourth-order valence-electron chi connectivity index (χ4n) is 2.63. The molecule has 1 atom stereocenters. The van der Waals surface area contributed by atoms with Crippen LogP contribution in [0, 0.1) is 18.3 Å². The highest BCUT2D eigenvalue weighted by Crippen LogP contribution is 2.27. The lowest BCUT2D eigenvalue weighted by Gasteiger charge is -2.14. The predicted molar refractivity (Wildman–Crippen MR) is 120 cm³/mol. The number of nitriles is 1. The lowest BCUT2D eigenvalue weighted by Crippen LogP contribution is -2.24. The Kier molecular flexibility index (Phi) is 6.83. The highest BCUT2D eigenvalue weighted by Gasteiger charge is 2.20. The van der Waals surface area contributed by atoms with Gasteiger partial charge in [-0.3, -0.25) is 9.59 Å². The summed E-state index contributed by atoms with van der Waals surface area (Å²) in [5.74, 6) is -0.273. The third-order valence-electron chi connectivity index (χ3n) is 4.31. The van der Waals surface area contributed by atoms with E-state index in [4.69, 9.17) is 23.2 Å². The summed E-state index contributed by atoms with van der Waals surface area (Å²) in [6.45, 7) is 3.51. The van der Waals surface area contributed by atoms with Crippen molar-refractivity contribution in [2.24, 2.45) is 0 Å². The maximum atomic E-state index is 12.6. The molecule has 3 rings (SSSR count). The minimum absolute atomic E-state index is 0.103. The normalized spacial score (nSPS) is 11.6. The van der Waals surface area contributed by atoms with Crippen LogP contribution >= 0.6 is 35.0 Å². The molecule has 0 unspecified atom stereocenters. The van der Waals surface area contributed by atoms with Gasteiger partial charge in [0, 0.05) is 21.3 Å². The molecule has 0 aliphatic rings. The number of benzene rings is 2. The van der Waals surface area contributed by atoms with Gasteiger partial charge in [-0.15, -0.1) is 0 Å². The van der Waals surface area contributed by atoms with Crippen molar-refractivity contribution in [3.63, 3.8) is 0 Å². The molecule has 1 aromatic heterocycles. The summed E-state index contributed by atoms with van der Waals surface area (Å²) >= 11 is 13.1. The zero-order chi connectivity index (χ0) is 21.8. The highest BCUT2D eigenvalue weighted by atomic mass is 35.5. The summed E-state index contributed by atoms with van der Waals surface area (Å²) in [6, 6.07) is 13.8. The van der Waals surface area contributed by atoms with Gasteiger partial charge in [0.05, 0.1) is 10.9 Å². The van der Waals surface area contributed by atoms with E-state index in [9.17, 15) is 14.9 Å². The number of aromatic nitrogens is 2. The number of thioether (sulfide) groups is 1. The molecule has 0 saturated carbocycles. The minimum Gasteiger partial charge on any atom is -0.325 e. The molecular formula is C21H16Cl2N4O2S. The zero-order valence-electron chi connectivity index (χ0n) is 16.0. The second-order valence-electron chi connectivity index (χ2n) is 6.38. The number of carbonyl (C=O) groups excluding carboxylic acids is 1. The Morgan fingerprint density at radius 3 is 2.60 bits per heavy atom. The second kappa shape index (κ2) is 9.35. The largest absolute Gasteiger partial charge is 0.325 e. The topological polar surface area (TPSA) is 98.6 Å². The average Bonchev–Trinajstić information content (AvgIpc) is 2.71. The van der Waals surface area contributed by atoms with Crippen LogP contribution in [-0.4, -0.2) is 21.1 Å². The van der Waals surface area contributed by atoms with Crippen LogP contribution in [0.5, 0.6) is 0 Å². The van der Waals surface area contributed by atoms with Crippen molar-refractivity contribution in [3.8, 4) is 17.3 Å². The van der Waals surface area contributed by atoms with Gasteiger partial charge >= 0.3 is 0 Å². The Bertz CT molecular complexity index is 1200. The summed E-state index contributed by atoms with van der Waals surface area (Å²) in [5.41, 5.74) is 1.52. The SMILES string of the molecule is Cc1c(Cl)cccc1NC(=O)[C@H](C)Sc1nc(-c2ccc(Cl)cc2)c(C#N)c(=O)[nH]1. The summed E-state index contributed by atoms with van der Waals surface area (Å²) in [6.07, 6.45) is 0. The van der Waals surface area contributed by atoms with Gasteiger partial charge in [0.25, 0.3) is 5.56 Å². The van der Waals surface area contributed by atoms with Crippen molar-refractivity contribution < 1.29 is 4.79 Å². The quantitative estimate of drug-likeness (QED) is 0.411. The molecule has 0 bridgehead atoms. The summed E-state index contributed by atoms with van der Waals surface area (Å²) in [4.78, 5) is 32.0. The fraction of sp³-hybridized carbons (Fsp3) is 0.143. The van der Waals surface area contributed by atoms with E-state index in [-0.39, 0.29) is 22.3 Å². The van der Waals surface area contributed by atoms with Gasteiger partial charge in [0.2, 0.25) is 5.91 Å². The zero-order valence-corrected chi connectivity index (χ0v) is 18.3. The maximum Gasteiger partial charge on any atom is 0.270 e. The molecule has 6 nitrogen and oxygen atoms in total. The smallest absolute Gasteiger partial charge is 0.270 e. The highest BCUT2D eigenvalue weighted by molar-refractivity contribution is 8.00. The van der Waals surface area contributed by atoms with Gasteiger partial charge in [0.1, 0.15) is 11.6 Å². The van der Waals surface area contributed by atoms with E-state index >= 15 is 0 Å². The third-order valence-corrected chi connectivity index (χ3v) is 5.96. The summed E-state index contributed by atoms with van der Waals surface area (Å²) in [5, 5.41) is 12.9. The van der Waals surface area contributed by atoms with Gasteiger partial charge in [-0.2, -0.15) is 5.26 Å². The molecule has 0 aliphatic carbocycles. The van der Waals surface area contributed by atoms with Gasteiger partial charge in [-0.25, -0.2) is 4.98 Å². The fourth-order valence-corrected chi connectivity index (χ4v) is 3.72. The van der Waals surface area contributed by atoms with Crippen LogP contribution in [0.3, 0.4) is 0 Å². The number of anilines is 1. The standard InChI is InChI=1S/C21H16Cl2N4O2S/c1-11-16(23)4-3-5-17(11)25-19(28)12(2)30-21-26-18(15(10-24)20(29)27-21)13-6-8-14(22)9-7-13/h3-9,12H,1-2H3,(H,25,28)(H,26,27,29)/t12-/m0/s1. The van der Waals surface area contributed by atoms with Gasteiger partial charge in [0.15, 0.2) is 5.16 Å². The maximum absolute atomic E-state index is 12.6. The number of H-pyrrole nitrogens is 1. The lowest BCUT2D eigenvalue weighted by atomic mass is 10.1. The molecule has 1 heterocycles. The van der Waals surface area contributed by atoms with E-state index in [0.717, 1.165) is 17.3 Å². The Labute approximate surface area is 187 Å². The monoisotopic (exact) mass is 458 g/mol. The minimum atomic E-state index is -0.572. The van der Waals surface area contributed by atoms with Crippen molar-refractivity contribution in [3.05, 3.63) is 74.0 Å². The number of amides is 1. The molecule has 9 heteroatoms. The van der Waals surface area contributed by atoms with Crippen molar-refractivity contribution in [1.82, 2.24) is 9.97 Å². The predicted octanol–water partition coefficient (Wildman–Crippen LogP) is 5.04.